The van der Waals surface area contributed by atoms with E-state index in [4.69, 9.17) is 4.79 Å². The second-order valence-corrected chi connectivity index (χ2v) is 0.533. The maximum absolute atomic E-state index is 9.37. The van der Waals surface area contributed by atoms with Gasteiger partial charge in [0.15, 0.2) is 0 Å². The van der Waals surface area contributed by atoms with Gasteiger partial charge in [-0.25, -0.2) is 4.79 Å². The van der Waals surface area contributed by atoms with Crippen molar-refractivity contribution in [3.05, 3.63) is 0 Å². The molecule has 0 aliphatic carbocycles. The van der Waals surface area contributed by atoms with Gasteiger partial charge in [0, 0.05) is 0 Å². The fraction of sp³-hybridized carbons (Fsp3) is 0. The van der Waals surface area contributed by atoms with E-state index in [1.807, 2.05) is 0 Å². The molecule has 0 spiro atoms. The highest BCUT2D eigenvalue weighted by Crippen LogP contribution is 1.57. The first-order valence-electron chi connectivity index (χ1n) is 1.17. The van der Waals surface area contributed by atoms with Crippen LogP contribution in [-0.2, 0) is 9.53 Å². The lowest BCUT2D eigenvalue weighted by molar-refractivity contribution is -0.123. The van der Waals surface area contributed by atoms with Gasteiger partial charge in [-0.2, -0.15) is 0 Å². The Morgan fingerprint density at radius 1 is 1.83 bits per heavy atom. The summed E-state index contributed by atoms with van der Waals surface area (Å²) in [6.07, 6.45) is -1.08. The molecular weight excluding hydrogens is 86.0 g/mol. The summed E-state index contributed by atoms with van der Waals surface area (Å²) in [4.78, 5) is 18.5. The van der Waals surface area contributed by atoms with Crippen molar-refractivity contribution < 1.29 is 14.3 Å². The Hall–Kier alpha value is -1.06. The molecule has 0 radical (unpaired) electrons. The summed E-state index contributed by atoms with van der Waals surface area (Å²) in [6.45, 7) is -0.0255. The second-order valence-electron chi connectivity index (χ2n) is 0.533. The van der Waals surface area contributed by atoms with E-state index in [-0.39, 0.29) is 6.47 Å². The van der Waals surface area contributed by atoms with Crippen LogP contribution in [0.3, 0.4) is 0 Å². The number of carbonyl (C=O) groups is 2. The lowest BCUT2D eigenvalue weighted by atomic mass is 11.2. The summed E-state index contributed by atoms with van der Waals surface area (Å²) < 4.78 is 3.50. The minimum absolute atomic E-state index is 0.0255. The number of hydrogen-bond donors (Lipinski definition) is 1. The maximum atomic E-state index is 9.37. The van der Waals surface area contributed by atoms with Gasteiger partial charge < -0.3 is 10.5 Å². The van der Waals surface area contributed by atoms with Gasteiger partial charge >= 0.3 is 12.6 Å². The van der Waals surface area contributed by atoms with Gasteiger partial charge in [-0.3, -0.25) is 4.79 Å². The average molecular weight is 89.0 g/mol. The fourth-order valence-corrected chi connectivity index (χ4v) is 0.0474. The molecule has 0 aliphatic rings. The maximum Gasteiger partial charge on any atom is 0.412 e. The Balaban J connectivity index is 3.05. The Morgan fingerprint density at radius 3 is 2.33 bits per heavy atom. The van der Waals surface area contributed by atoms with Crippen LogP contribution in [0.5, 0.6) is 0 Å². The van der Waals surface area contributed by atoms with Crippen molar-refractivity contribution in [1.82, 2.24) is 0 Å². The third-order valence-corrected chi connectivity index (χ3v) is 0.164. The molecule has 0 saturated carbocycles. The Morgan fingerprint density at radius 2 is 2.33 bits per heavy atom. The molecule has 0 unspecified atom stereocenters. The molecule has 0 aromatic carbocycles. The molecule has 0 aromatic rings. The molecule has 0 bridgehead atoms. The summed E-state index contributed by atoms with van der Waals surface area (Å²) in [5.41, 5.74) is 4.31. The van der Waals surface area contributed by atoms with Gasteiger partial charge in [0.2, 0.25) is 0 Å². The number of rotatable bonds is 1. The van der Waals surface area contributed by atoms with E-state index in [0.717, 1.165) is 0 Å². The first-order valence-corrected chi connectivity index (χ1v) is 1.17. The van der Waals surface area contributed by atoms with E-state index in [1.54, 1.807) is 0 Å². The number of hydrogen-bond acceptors (Lipinski definition) is 3. The van der Waals surface area contributed by atoms with E-state index in [1.165, 1.54) is 0 Å². The van der Waals surface area contributed by atoms with Gasteiger partial charge in [0.05, 0.1) is 0 Å². The fourth-order valence-electron chi connectivity index (χ4n) is 0.0474. The minimum atomic E-state index is -1.08. The zero-order valence-electron chi connectivity index (χ0n) is 2.88. The van der Waals surface area contributed by atoms with Gasteiger partial charge in [0.25, 0.3) is 0 Å². The van der Waals surface area contributed by atoms with Crippen LogP contribution in [0.4, 0.5) is 4.79 Å². The Labute approximate surface area is 33.9 Å². The third kappa shape index (κ3) is 2.94. The molecule has 0 fully saturated rings. The normalized spacial score (nSPS) is 6.67. The van der Waals surface area contributed by atoms with Crippen LogP contribution in [0.2, 0.25) is 0 Å². The molecule has 34 valence electrons. The molecule has 0 aliphatic heterocycles. The molecule has 0 atom stereocenters. The van der Waals surface area contributed by atoms with E-state index < -0.39 is 6.09 Å². The van der Waals surface area contributed by atoms with Gasteiger partial charge in [-0.05, 0) is 0 Å². The van der Waals surface area contributed by atoms with Crippen molar-refractivity contribution in [2.45, 2.75) is 0 Å². The monoisotopic (exact) mass is 89.0 g/mol. The first kappa shape index (κ1) is 4.94. The lowest BCUT2D eigenvalue weighted by Gasteiger charge is -1.79. The predicted octanol–water partition coefficient (Wildman–Crippen LogP) is -0.762. The molecule has 0 rings (SSSR count). The summed E-state index contributed by atoms with van der Waals surface area (Å²) in [7, 11) is 0. The predicted molar refractivity (Wildman–Crippen MR) is 16.7 cm³/mol. The molecule has 6 heavy (non-hydrogen) atoms. The highest BCUT2D eigenvalue weighted by molar-refractivity contribution is 5.72. The van der Waals surface area contributed by atoms with Crippen LogP contribution in [0.25, 0.3) is 0 Å². The Kier molecular flexibility index (Phi) is 1.81. The zero-order chi connectivity index (χ0) is 4.99. The number of nitrogens with two attached hydrogens (primary N) is 1. The second kappa shape index (κ2) is 2.19. The Bertz CT molecular complexity index is 69.2. The van der Waals surface area contributed by atoms with Crippen molar-refractivity contribution in [3.63, 3.8) is 0 Å². The molecule has 4 nitrogen and oxygen atoms in total. The highest BCUT2D eigenvalue weighted by atomic mass is 16.6. The molecule has 4 heteroatoms. The van der Waals surface area contributed by atoms with E-state index in [2.05, 4.69) is 10.5 Å². The number of primary amides is 1. The summed E-state index contributed by atoms with van der Waals surface area (Å²) in [6, 6.07) is 0. The average Bonchev–Trinajstić information content (AvgIpc) is 1.35. The minimum Gasteiger partial charge on any atom is -0.379 e. The van der Waals surface area contributed by atoms with E-state index >= 15 is 0 Å². The van der Waals surface area contributed by atoms with E-state index in [0.29, 0.717) is 0 Å². The van der Waals surface area contributed by atoms with Crippen LogP contribution in [-0.4, -0.2) is 12.6 Å². The van der Waals surface area contributed by atoms with Gasteiger partial charge in [-0.15, -0.1) is 0 Å². The third-order valence-electron chi connectivity index (χ3n) is 0.164. The highest BCUT2D eigenvalue weighted by Gasteiger charge is 1.83. The standard InChI is InChI=1S/C2H3NO3/c3-2(5)6-1-4/h1H,(H2,3,5). The molecule has 0 heterocycles. The number of amides is 1. The molecule has 1 amide bonds. The van der Waals surface area contributed by atoms with Crippen molar-refractivity contribution in [3.8, 4) is 0 Å². The molecule has 2 N–H and O–H groups in total. The van der Waals surface area contributed by atoms with Crippen molar-refractivity contribution in [2.24, 2.45) is 5.73 Å². The largest absolute Gasteiger partial charge is 0.412 e. The van der Waals surface area contributed by atoms with Crippen LogP contribution < -0.4 is 5.73 Å². The zero-order valence-corrected chi connectivity index (χ0v) is 2.88. The number of ether oxygens (including phenoxy) is 1. The van der Waals surface area contributed by atoms with E-state index in [9.17, 15) is 4.79 Å². The smallest absolute Gasteiger partial charge is 0.379 e. The van der Waals surface area contributed by atoms with Crippen LogP contribution in [0.1, 0.15) is 0 Å². The first-order chi connectivity index (χ1) is 2.77. The summed E-state index contributed by atoms with van der Waals surface area (Å²) in [5.74, 6) is 0. The van der Waals surface area contributed by atoms with Gasteiger partial charge in [0.1, 0.15) is 0 Å². The molecular formula is C2H3NO3. The summed E-state index contributed by atoms with van der Waals surface area (Å²) >= 11 is 0. The van der Waals surface area contributed by atoms with Crippen molar-refractivity contribution in [2.75, 3.05) is 0 Å². The van der Waals surface area contributed by atoms with Crippen LogP contribution >= 0.6 is 0 Å². The SMILES string of the molecule is NC(=O)OC=O. The number of carbonyl (C=O) groups excluding carboxylic acids is 2. The van der Waals surface area contributed by atoms with Crippen molar-refractivity contribution >= 4 is 12.6 Å². The topological polar surface area (TPSA) is 69.4 Å². The lowest BCUT2D eigenvalue weighted by Crippen LogP contribution is -2.10. The van der Waals surface area contributed by atoms with Crippen molar-refractivity contribution in [1.29, 1.82) is 0 Å². The molecule has 0 aromatic heterocycles. The quantitative estimate of drug-likeness (QED) is 0.339. The van der Waals surface area contributed by atoms with Crippen LogP contribution in [0, 0.1) is 0 Å². The van der Waals surface area contributed by atoms with Crippen LogP contribution in [0.15, 0.2) is 0 Å². The summed E-state index contributed by atoms with van der Waals surface area (Å²) in [5, 5.41) is 0. The molecule has 0 saturated heterocycles. The van der Waals surface area contributed by atoms with Gasteiger partial charge in [-0.1, -0.05) is 0 Å².